The lowest BCUT2D eigenvalue weighted by Gasteiger charge is -2.24. The Morgan fingerprint density at radius 2 is 2.30 bits per heavy atom. The lowest BCUT2D eigenvalue weighted by Crippen LogP contribution is -2.33. The van der Waals surface area contributed by atoms with Crippen molar-refractivity contribution in [3.8, 4) is 0 Å². The highest BCUT2D eigenvalue weighted by Crippen LogP contribution is 2.28. The third-order valence-corrected chi connectivity index (χ3v) is 5.93. The Labute approximate surface area is 127 Å². The Kier molecular flexibility index (Phi) is 5.35. The summed E-state index contributed by atoms with van der Waals surface area (Å²) in [6.07, 6.45) is 3.26. The first-order valence-electron chi connectivity index (χ1n) is 6.95. The second-order valence-corrected chi connectivity index (χ2v) is 7.80. The summed E-state index contributed by atoms with van der Waals surface area (Å²) in [5.74, 6) is 0.165. The Morgan fingerprint density at radius 1 is 1.55 bits per heavy atom. The summed E-state index contributed by atoms with van der Waals surface area (Å²) in [7, 11) is -0.836. The van der Waals surface area contributed by atoms with E-state index in [2.05, 4.69) is 16.8 Å². The van der Waals surface area contributed by atoms with Gasteiger partial charge in [0.05, 0.1) is 6.04 Å². The average Bonchev–Trinajstić information content (AvgIpc) is 3.03. The van der Waals surface area contributed by atoms with Gasteiger partial charge in [-0.3, -0.25) is 14.3 Å². The zero-order valence-corrected chi connectivity index (χ0v) is 13.8. The second-order valence-electron chi connectivity index (χ2n) is 5.22. The van der Waals surface area contributed by atoms with E-state index < -0.39 is 10.8 Å². The van der Waals surface area contributed by atoms with Gasteiger partial charge in [-0.2, -0.15) is 11.3 Å². The topological polar surface area (TPSA) is 49.4 Å². The molecule has 0 spiro atoms. The summed E-state index contributed by atoms with van der Waals surface area (Å²) in [6.45, 7) is 4.65. The van der Waals surface area contributed by atoms with E-state index in [9.17, 15) is 9.00 Å². The summed E-state index contributed by atoms with van der Waals surface area (Å²) >= 11 is 1.64. The van der Waals surface area contributed by atoms with Crippen molar-refractivity contribution in [3.05, 3.63) is 22.4 Å². The van der Waals surface area contributed by atoms with E-state index in [-0.39, 0.29) is 23.4 Å². The Morgan fingerprint density at radius 3 is 2.85 bits per heavy atom. The van der Waals surface area contributed by atoms with Crippen molar-refractivity contribution >= 4 is 28.0 Å². The van der Waals surface area contributed by atoms with Gasteiger partial charge < -0.3 is 4.90 Å². The molecule has 4 atom stereocenters. The zero-order valence-electron chi connectivity index (χ0n) is 12.2. The van der Waals surface area contributed by atoms with E-state index in [0.717, 1.165) is 18.4 Å². The molecule has 6 heteroatoms. The average molecular weight is 314 g/mol. The van der Waals surface area contributed by atoms with Gasteiger partial charge in [-0.15, -0.1) is 0 Å². The molecule has 2 heterocycles. The van der Waals surface area contributed by atoms with Gasteiger partial charge in [0.15, 0.2) is 0 Å². The van der Waals surface area contributed by atoms with Crippen molar-refractivity contribution in [1.82, 2.24) is 10.2 Å². The van der Waals surface area contributed by atoms with E-state index in [1.54, 1.807) is 17.6 Å². The van der Waals surface area contributed by atoms with Crippen LogP contribution >= 0.6 is 11.3 Å². The Balaban J connectivity index is 2.09. The molecule has 112 valence electrons. The van der Waals surface area contributed by atoms with Gasteiger partial charge in [0.25, 0.3) is 0 Å². The predicted octanol–water partition coefficient (Wildman–Crippen LogP) is 2.11. The van der Waals surface area contributed by atoms with Crippen molar-refractivity contribution < 1.29 is 9.00 Å². The van der Waals surface area contributed by atoms with Crippen LogP contribution in [0, 0.1) is 0 Å². The largest absolute Gasteiger partial charge is 0.321 e. The van der Waals surface area contributed by atoms with E-state index in [1.165, 1.54) is 0 Å². The minimum absolute atomic E-state index is 0.0313. The molecule has 0 aliphatic carbocycles. The third-order valence-electron chi connectivity index (χ3n) is 3.86. The van der Waals surface area contributed by atoms with Crippen LogP contribution in [0.15, 0.2) is 16.8 Å². The fourth-order valence-electron chi connectivity index (χ4n) is 2.40. The van der Waals surface area contributed by atoms with Gasteiger partial charge in [0.2, 0.25) is 5.91 Å². The molecule has 1 aliphatic heterocycles. The van der Waals surface area contributed by atoms with Gasteiger partial charge >= 0.3 is 0 Å². The number of thiophene rings is 1. The van der Waals surface area contributed by atoms with Crippen LogP contribution in [0.2, 0.25) is 0 Å². The molecule has 2 rings (SSSR count). The molecule has 20 heavy (non-hydrogen) atoms. The van der Waals surface area contributed by atoms with Crippen molar-refractivity contribution in [2.45, 2.75) is 44.1 Å². The minimum Gasteiger partial charge on any atom is -0.321 e. The van der Waals surface area contributed by atoms with Crippen LogP contribution in [0.1, 0.15) is 38.4 Å². The maximum atomic E-state index is 12.4. The van der Waals surface area contributed by atoms with Crippen LogP contribution in [-0.2, 0) is 15.6 Å². The smallest absolute Gasteiger partial charge is 0.241 e. The maximum Gasteiger partial charge on any atom is 0.241 e. The molecule has 1 fully saturated rings. The molecule has 1 amide bonds. The molecule has 0 saturated carbocycles. The summed E-state index contributed by atoms with van der Waals surface area (Å²) < 4.78 is 11.5. The van der Waals surface area contributed by atoms with E-state index in [1.807, 2.05) is 24.1 Å². The SMILES string of the molecule is CCC1NC(c2ccsc2)N(CCC(C)S(C)=O)C1=O. The molecule has 0 radical (unpaired) electrons. The maximum absolute atomic E-state index is 12.4. The molecule has 1 aromatic heterocycles. The number of hydrogen-bond acceptors (Lipinski definition) is 4. The molecule has 1 N–H and O–H groups in total. The lowest BCUT2D eigenvalue weighted by molar-refractivity contribution is -0.130. The Bertz CT molecular complexity index is 476. The Hall–Kier alpha value is -0.720. The van der Waals surface area contributed by atoms with Gasteiger partial charge in [-0.05, 0) is 35.2 Å². The summed E-state index contributed by atoms with van der Waals surface area (Å²) in [4.78, 5) is 14.3. The van der Waals surface area contributed by atoms with Crippen LogP contribution in [0.4, 0.5) is 0 Å². The van der Waals surface area contributed by atoms with E-state index >= 15 is 0 Å². The highest BCUT2D eigenvalue weighted by Gasteiger charge is 2.38. The van der Waals surface area contributed by atoms with E-state index in [0.29, 0.717) is 6.54 Å². The van der Waals surface area contributed by atoms with Gasteiger partial charge in [-0.1, -0.05) is 13.8 Å². The number of carbonyl (C=O) groups excluding carboxylic acids is 1. The van der Waals surface area contributed by atoms with Crippen LogP contribution < -0.4 is 5.32 Å². The van der Waals surface area contributed by atoms with Crippen LogP contribution in [0.25, 0.3) is 0 Å². The van der Waals surface area contributed by atoms with E-state index in [4.69, 9.17) is 0 Å². The standard InChI is InChI=1S/C14H22N2O2S2/c1-4-12-14(17)16(7-5-10(2)20(3)18)13(15-12)11-6-8-19-9-11/h6,8-10,12-13,15H,4-5,7H2,1-3H3. The molecule has 4 unspecified atom stereocenters. The molecule has 0 bridgehead atoms. The van der Waals surface area contributed by atoms with Gasteiger partial charge in [-0.25, -0.2) is 0 Å². The monoisotopic (exact) mass is 314 g/mol. The number of hydrogen-bond donors (Lipinski definition) is 1. The first-order chi connectivity index (χ1) is 9.54. The highest BCUT2D eigenvalue weighted by molar-refractivity contribution is 7.84. The molecule has 1 aliphatic rings. The van der Waals surface area contributed by atoms with Gasteiger partial charge in [0, 0.05) is 28.9 Å². The highest BCUT2D eigenvalue weighted by atomic mass is 32.2. The molecule has 0 aromatic carbocycles. The number of nitrogens with one attached hydrogen (secondary N) is 1. The van der Waals surface area contributed by atoms with Crippen LogP contribution in [0.5, 0.6) is 0 Å². The van der Waals surface area contributed by atoms with Crippen molar-refractivity contribution in [2.24, 2.45) is 0 Å². The summed E-state index contributed by atoms with van der Waals surface area (Å²) in [6, 6.07) is 1.96. The second kappa shape index (κ2) is 6.83. The molecule has 1 saturated heterocycles. The van der Waals surface area contributed by atoms with Crippen LogP contribution in [-0.4, -0.2) is 39.1 Å². The zero-order chi connectivity index (χ0) is 14.7. The van der Waals surface area contributed by atoms with Crippen molar-refractivity contribution in [1.29, 1.82) is 0 Å². The predicted molar refractivity (Wildman–Crippen MR) is 84.1 cm³/mol. The first-order valence-corrected chi connectivity index (χ1v) is 9.51. The summed E-state index contributed by atoms with van der Waals surface area (Å²) in [5.41, 5.74) is 1.14. The number of nitrogens with zero attached hydrogens (tertiary/aromatic N) is 1. The number of amides is 1. The molecular formula is C14H22N2O2S2. The fraction of sp³-hybridized carbons (Fsp3) is 0.643. The first kappa shape index (κ1) is 15.7. The quantitative estimate of drug-likeness (QED) is 0.875. The molecule has 1 aromatic rings. The number of carbonyl (C=O) groups is 1. The van der Waals surface area contributed by atoms with Gasteiger partial charge in [0.1, 0.15) is 6.17 Å². The third kappa shape index (κ3) is 3.30. The van der Waals surface area contributed by atoms with Crippen LogP contribution in [0.3, 0.4) is 0 Å². The van der Waals surface area contributed by atoms with Crippen molar-refractivity contribution in [2.75, 3.05) is 12.8 Å². The molecular weight excluding hydrogens is 292 g/mol. The normalized spacial score (nSPS) is 25.9. The molecule has 4 nitrogen and oxygen atoms in total. The fourth-order valence-corrected chi connectivity index (χ4v) is 3.52. The lowest BCUT2D eigenvalue weighted by atomic mass is 10.2. The van der Waals surface area contributed by atoms with Crippen molar-refractivity contribution in [3.63, 3.8) is 0 Å². The minimum atomic E-state index is -0.836. The summed E-state index contributed by atoms with van der Waals surface area (Å²) in [5, 5.41) is 7.63. The number of rotatable bonds is 6.